The van der Waals surface area contributed by atoms with E-state index in [4.69, 9.17) is 9.47 Å². The number of amides is 1. The number of para-hydroxylation sites is 2. The molecule has 1 aromatic carbocycles. The summed E-state index contributed by atoms with van der Waals surface area (Å²) in [7, 11) is 0. The number of anilines is 1. The molecular weight excluding hydrogens is 296 g/mol. The van der Waals surface area contributed by atoms with Crippen LogP contribution in [-0.4, -0.2) is 41.2 Å². The first-order chi connectivity index (χ1) is 11.2. The molecule has 0 saturated heterocycles. The van der Waals surface area contributed by atoms with Crippen LogP contribution in [-0.2, 0) is 4.79 Å². The molecule has 0 radical (unpaired) electrons. The highest BCUT2D eigenvalue weighted by atomic mass is 16.6. The second-order valence-electron chi connectivity index (χ2n) is 5.12. The first-order valence-electron chi connectivity index (χ1n) is 7.44. The topological polar surface area (TPSA) is 85.4 Å². The van der Waals surface area contributed by atoms with Crippen LogP contribution in [0, 0.1) is 0 Å². The molecule has 0 unspecified atom stereocenters. The lowest BCUT2D eigenvalue weighted by Crippen LogP contribution is -2.49. The number of benzene rings is 1. The largest absolute Gasteiger partial charge is 0.482 e. The Morgan fingerprint density at radius 1 is 1.17 bits per heavy atom. The van der Waals surface area contributed by atoms with Crippen LogP contribution < -0.4 is 20.1 Å². The average molecular weight is 314 g/mol. The van der Waals surface area contributed by atoms with Gasteiger partial charge in [0.25, 0.3) is 5.91 Å². The highest BCUT2D eigenvalue weighted by molar-refractivity contribution is 5.82. The zero-order valence-corrected chi connectivity index (χ0v) is 12.7. The molecule has 2 N–H and O–H groups in total. The van der Waals surface area contributed by atoms with Gasteiger partial charge in [0.05, 0.1) is 6.20 Å². The van der Waals surface area contributed by atoms with Gasteiger partial charge in [-0.15, -0.1) is 0 Å². The molecule has 7 nitrogen and oxygen atoms in total. The zero-order valence-electron chi connectivity index (χ0n) is 12.7. The van der Waals surface area contributed by atoms with E-state index in [0.717, 1.165) is 0 Å². The van der Waals surface area contributed by atoms with E-state index >= 15 is 0 Å². The molecule has 2 atom stereocenters. The standard InChI is InChI=1S/C16H18N4O3/c1-11-15(23-13-5-3-2-4-12(13)22-11)16(21)20-9-8-19-14-10-17-6-7-18-14/h2-7,10-11,15H,8-9H2,1H3,(H,18,19)(H,20,21)/t11-,15+/m0/s1. The zero-order chi connectivity index (χ0) is 16.1. The molecular formula is C16H18N4O3. The van der Waals surface area contributed by atoms with Gasteiger partial charge in [-0.2, -0.15) is 0 Å². The van der Waals surface area contributed by atoms with Crippen molar-refractivity contribution in [1.82, 2.24) is 15.3 Å². The summed E-state index contributed by atoms with van der Waals surface area (Å²) in [5, 5.41) is 5.90. The Hall–Kier alpha value is -2.83. The predicted octanol–water partition coefficient (Wildman–Crippen LogP) is 1.23. The number of hydrogen-bond donors (Lipinski definition) is 2. The van der Waals surface area contributed by atoms with Crippen LogP contribution in [0.15, 0.2) is 42.9 Å². The van der Waals surface area contributed by atoms with Gasteiger partial charge in [0, 0.05) is 25.5 Å². The van der Waals surface area contributed by atoms with Gasteiger partial charge in [0.15, 0.2) is 11.5 Å². The lowest BCUT2D eigenvalue weighted by molar-refractivity contribution is -0.133. The number of carbonyl (C=O) groups is 1. The number of nitrogens with one attached hydrogen (secondary N) is 2. The molecule has 1 aliphatic heterocycles. The first kappa shape index (κ1) is 15.1. The molecule has 0 saturated carbocycles. The lowest BCUT2D eigenvalue weighted by Gasteiger charge is -2.31. The number of fused-ring (bicyclic) bond motifs is 1. The highest BCUT2D eigenvalue weighted by Crippen LogP contribution is 2.33. The molecule has 2 aromatic rings. The van der Waals surface area contributed by atoms with Crippen molar-refractivity contribution in [1.29, 1.82) is 0 Å². The quantitative estimate of drug-likeness (QED) is 0.808. The second kappa shape index (κ2) is 6.95. The van der Waals surface area contributed by atoms with Crippen molar-refractivity contribution in [3.63, 3.8) is 0 Å². The molecule has 0 aliphatic carbocycles. The number of hydrogen-bond acceptors (Lipinski definition) is 6. The average Bonchev–Trinajstić information content (AvgIpc) is 2.59. The van der Waals surface area contributed by atoms with Crippen LogP contribution in [0.25, 0.3) is 0 Å². The summed E-state index contributed by atoms with van der Waals surface area (Å²) >= 11 is 0. The van der Waals surface area contributed by atoms with Crippen LogP contribution in [0.3, 0.4) is 0 Å². The molecule has 0 spiro atoms. The summed E-state index contributed by atoms with van der Waals surface area (Å²) < 4.78 is 11.5. The van der Waals surface area contributed by atoms with Crippen LogP contribution in [0.5, 0.6) is 11.5 Å². The van der Waals surface area contributed by atoms with Gasteiger partial charge in [0.1, 0.15) is 11.9 Å². The Balaban J connectivity index is 1.49. The number of aromatic nitrogens is 2. The van der Waals surface area contributed by atoms with Crippen LogP contribution in [0.4, 0.5) is 5.82 Å². The van der Waals surface area contributed by atoms with Crippen molar-refractivity contribution in [2.45, 2.75) is 19.1 Å². The molecule has 1 aromatic heterocycles. The van der Waals surface area contributed by atoms with E-state index in [2.05, 4.69) is 20.6 Å². The van der Waals surface area contributed by atoms with Crippen molar-refractivity contribution in [2.24, 2.45) is 0 Å². The maximum Gasteiger partial charge on any atom is 0.265 e. The van der Waals surface area contributed by atoms with Crippen molar-refractivity contribution >= 4 is 11.7 Å². The summed E-state index contributed by atoms with van der Waals surface area (Å²) in [6.45, 7) is 2.81. The smallest absolute Gasteiger partial charge is 0.265 e. The van der Waals surface area contributed by atoms with Gasteiger partial charge in [-0.25, -0.2) is 4.98 Å². The van der Waals surface area contributed by atoms with Crippen molar-refractivity contribution in [2.75, 3.05) is 18.4 Å². The molecule has 1 amide bonds. The van der Waals surface area contributed by atoms with Crippen LogP contribution in [0.2, 0.25) is 0 Å². The Bertz CT molecular complexity index is 665. The van der Waals surface area contributed by atoms with Crippen LogP contribution in [0.1, 0.15) is 6.92 Å². The molecule has 7 heteroatoms. The van der Waals surface area contributed by atoms with Gasteiger partial charge in [-0.05, 0) is 19.1 Å². The van der Waals surface area contributed by atoms with Crippen molar-refractivity contribution in [3.05, 3.63) is 42.9 Å². The third kappa shape index (κ3) is 3.68. The third-order valence-corrected chi connectivity index (χ3v) is 3.39. The molecule has 0 fully saturated rings. The Kier molecular flexibility index (Phi) is 4.56. The van der Waals surface area contributed by atoms with Crippen LogP contribution >= 0.6 is 0 Å². The number of rotatable bonds is 5. The minimum atomic E-state index is -0.665. The maximum atomic E-state index is 12.3. The molecule has 2 heterocycles. The van der Waals surface area contributed by atoms with E-state index in [0.29, 0.717) is 30.4 Å². The van der Waals surface area contributed by atoms with Gasteiger partial charge in [0.2, 0.25) is 6.10 Å². The van der Waals surface area contributed by atoms with E-state index in [1.54, 1.807) is 24.7 Å². The fraction of sp³-hybridized carbons (Fsp3) is 0.312. The Morgan fingerprint density at radius 2 is 1.96 bits per heavy atom. The van der Waals surface area contributed by atoms with E-state index in [1.807, 2.05) is 25.1 Å². The number of carbonyl (C=O) groups excluding carboxylic acids is 1. The lowest BCUT2D eigenvalue weighted by atomic mass is 10.1. The van der Waals surface area contributed by atoms with Crippen molar-refractivity contribution in [3.8, 4) is 11.5 Å². The van der Waals surface area contributed by atoms with Gasteiger partial charge < -0.3 is 20.1 Å². The summed E-state index contributed by atoms with van der Waals surface area (Å²) in [4.78, 5) is 20.3. The van der Waals surface area contributed by atoms with E-state index in [9.17, 15) is 4.79 Å². The fourth-order valence-corrected chi connectivity index (χ4v) is 2.27. The maximum absolute atomic E-state index is 12.3. The highest BCUT2D eigenvalue weighted by Gasteiger charge is 2.33. The van der Waals surface area contributed by atoms with E-state index in [1.165, 1.54) is 0 Å². The SMILES string of the molecule is C[C@@H]1Oc2ccccc2O[C@H]1C(=O)NCCNc1cnccn1. The Labute approximate surface area is 134 Å². The third-order valence-electron chi connectivity index (χ3n) is 3.39. The number of nitrogens with zero attached hydrogens (tertiary/aromatic N) is 2. The molecule has 23 heavy (non-hydrogen) atoms. The molecule has 0 bridgehead atoms. The molecule has 120 valence electrons. The second-order valence-corrected chi connectivity index (χ2v) is 5.12. The summed E-state index contributed by atoms with van der Waals surface area (Å²) in [5.41, 5.74) is 0. The fourth-order valence-electron chi connectivity index (χ4n) is 2.27. The predicted molar refractivity (Wildman–Crippen MR) is 84.5 cm³/mol. The molecule has 3 rings (SSSR count). The first-order valence-corrected chi connectivity index (χ1v) is 7.44. The minimum absolute atomic E-state index is 0.201. The Morgan fingerprint density at radius 3 is 2.70 bits per heavy atom. The van der Waals surface area contributed by atoms with Gasteiger partial charge in [-0.3, -0.25) is 9.78 Å². The van der Waals surface area contributed by atoms with Gasteiger partial charge >= 0.3 is 0 Å². The van der Waals surface area contributed by atoms with Gasteiger partial charge in [-0.1, -0.05) is 12.1 Å². The van der Waals surface area contributed by atoms with E-state index in [-0.39, 0.29) is 12.0 Å². The minimum Gasteiger partial charge on any atom is -0.482 e. The monoisotopic (exact) mass is 314 g/mol. The summed E-state index contributed by atoms with van der Waals surface area (Å²) in [6.07, 6.45) is 3.82. The summed E-state index contributed by atoms with van der Waals surface area (Å²) in [6, 6.07) is 7.33. The number of ether oxygens (including phenoxy) is 2. The van der Waals surface area contributed by atoms with Crippen molar-refractivity contribution < 1.29 is 14.3 Å². The molecule has 1 aliphatic rings. The normalized spacial score (nSPS) is 19.0. The van der Waals surface area contributed by atoms with E-state index < -0.39 is 6.10 Å². The summed E-state index contributed by atoms with van der Waals surface area (Å²) in [5.74, 6) is 1.71.